The van der Waals surface area contributed by atoms with Crippen LogP contribution < -0.4 is 10.6 Å². The highest BCUT2D eigenvalue weighted by Gasteiger charge is 2.15. The SMILES string of the molecule is CN=C(NCc1ccc(S(C)(=O)=O)c(C)c1)NCC(c1cccc(F)c1)N(C)C.I. The Morgan fingerprint density at radius 1 is 1.17 bits per heavy atom. The number of aliphatic imine (C=N–C) groups is 1. The van der Waals surface area contributed by atoms with Crippen molar-refractivity contribution in [2.45, 2.75) is 24.4 Å². The lowest BCUT2D eigenvalue weighted by atomic mass is 10.1. The van der Waals surface area contributed by atoms with Crippen LogP contribution in [0.15, 0.2) is 52.4 Å². The Morgan fingerprint density at radius 3 is 2.40 bits per heavy atom. The molecule has 6 nitrogen and oxygen atoms in total. The van der Waals surface area contributed by atoms with E-state index in [2.05, 4.69) is 15.6 Å². The average Bonchev–Trinajstić information content (AvgIpc) is 2.63. The molecule has 0 saturated carbocycles. The number of aryl methyl sites for hydroxylation is 1. The molecule has 2 N–H and O–H groups in total. The van der Waals surface area contributed by atoms with E-state index >= 15 is 0 Å². The maximum absolute atomic E-state index is 13.6. The van der Waals surface area contributed by atoms with Crippen molar-refractivity contribution in [3.8, 4) is 0 Å². The molecule has 0 bridgehead atoms. The minimum atomic E-state index is -3.23. The number of sulfone groups is 1. The van der Waals surface area contributed by atoms with Crippen LogP contribution in [0.2, 0.25) is 0 Å². The molecule has 0 fully saturated rings. The zero-order chi connectivity index (χ0) is 21.6. The molecule has 1 atom stereocenters. The summed E-state index contributed by atoms with van der Waals surface area (Å²) in [6.07, 6.45) is 1.21. The Morgan fingerprint density at radius 2 is 1.87 bits per heavy atom. The molecule has 0 spiro atoms. The number of rotatable bonds is 7. The van der Waals surface area contributed by atoms with E-state index in [1.165, 1.54) is 18.4 Å². The molecule has 2 aromatic rings. The molecule has 0 aliphatic rings. The van der Waals surface area contributed by atoms with Gasteiger partial charge in [0.1, 0.15) is 5.82 Å². The van der Waals surface area contributed by atoms with Crippen molar-refractivity contribution in [2.75, 3.05) is 33.9 Å². The minimum Gasteiger partial charge on any atom is -0.354 e. The summed E-state index contributed by atoms with van der Waals surface area (Å²) in [4.78, 5) is 6.59. The third-order valence-electron chi connectivity index (χ3n) is 4.64. The first-order chi connectivity index (χ1) is 13.6. The average molecular weight is 548 g/mol. The second-order valence-corrected chi connectivity index (χ2v) is 9.20. The quantitative estimate of drug-likeness (QED) is 0.316. The van der Waals surface area contributed by atoms with Crippen molar-refractivity contribution in [3.05, 3.63) is 65.0 Å². The van der Waals surface area contributed by atoms with Crippen LogP contribution >= 0.6 is 24.0 Å². The van der Waals surface area contributed by atoms with Gasteiger partial charge in [0.2, 0.25) is 0 Å². The molecule has 2 rings (SSSR count). The molecule has 0 aliphatic carbocycles. The van der Waals surface area contributed by atoms with Gasteiger partial charge in [-0.25, -0.2) is 12.8 Å². The summed E-state index contributed by atoms with van der Waals surface area (Å²) in [6.45, 7) is 2.83. The molecular weight excluding hydrogens is 518 g/mol. The van der Waals surface area contributed by atoms with Crippen molar-refractivity contribution in [1.29, 1.82) is 0 Å². The molecule has 0 aliphatic heterocycles. The first-order valence-corrected chi connectivity index (χ1v) is 11.2. The molecule has 0 heterocycles. The van der Waals surface area contributed by atoms with Crippen molar-refractivity contribution >= 4 is 39.8 Å². The highest BCUT2D eigenvalue weighted by molar-refractivity contribution is 14.0. The van der Waals surface area contributed by atoms with Crippen molar-refractivity contribution in [2.24, 2.45) is 4.99 Å². The van der Waals surface area contributed by atoms with Gasteiger partial charge >= 0.3 is 0 Å². The van der Waals surface area contributed by atoms with Crippen LogP contribution in [-0.4, -0.2) is 53.2 Å². The van der Waals surface area contributed by atoms with E-state index in [4.69, 9.17) is 0 Å². The molecule has 30 heavy (non-hydrogen) atoms. The van der Waals surface area contributed by atoms with Crippen molar-refractivity contribution in [1.82, 2.24) is 15.5 Å². The van der Waals surface area contributed by atoms with Gasteiger partial charge in [0.25, 0.3) is 0 Å². The standard InChI is InChI=1S/C21H29FN4O2S.HI/c1-15-11-16(9-10-20(15)29(5,27)28)13-24-21(23-2)25-14-19(26(3)4)17-7-6-8-18(22)12-17;/h6-12,19H,13-14H2,1-5H3,(H2,23,24,25);1H. The van der Waals surface area contributed by atoms with Crippen LogP contribution in [0.25, 0.3) is 0 Å². The maximum atomic E-state index is 13.6. The highest BCUT2D eigenvalue weighted by atomic mass is 127. The Bertz CT molecular complexity index is 981. The monoisotopic (exact) mass is 548 g/mol. The number of halogens is 2. The van der Waals surface area contributed by atoms with Crippen LogP contribution in [0.5, 0.6) is 0 Å². The van der Waals surface area contributed by atoms with Crippen LogP contribution in [0.3, 0.4) is 0 Å². The van der Waals surface area contributed by atoms with E-state index in [0.29, 0.717) is 29.5 Å². The second-order valence-electron chi connectivity index (χ2n) is 7.21. The van der Waals surface area contributed by atoms with E-state index in [-0.39, 0.29) is 35.8 Å². The molecule has 0 radical (unpaired) electrons. The molecule has 9 heteroatoms. The maximum Gasteiger partial charge on any atom is 0.191 e. The van der Waals surface area contributed by atoms with E-state index in [0.717, 1.165) is 11.1 Å². The number of nitrogens with zero attached hydrogens (tertiary/aromatic N) is 2. The second kappa shape index (κ2) is 11.6. The topological polar surface area (TPSA) is 73.8 Å². The fourth-order valence-electron chi connectivity index (χ4n) is 3.15. The first kappa shape index (κ1) is 26.3. The van der Waals surface area contributed by atoms with Crippen LogP contribution in [0.4, 0.5) is 4.39 Å². The lowest BCUT2D eigenvalue weighted by Crippen LogP contribution is -2.41. The fourth-order valence-corrected chi connectivity index (χ4v) is 4.11. The largest absolute Gasteiger partial charge is 0.354 e. The molecule has 1 unspecified atom stereocenters. The number of likely N-dealkylation sites (N-methyl/N-ethyl adjacent to an activating group) is 1. The van der Waals surface area contributed by atoms with Gasteiger partial charge in [-0.3, -0.25) is 4.99 Å². The normalized spacial score (nSPS) is 13.0. The first-order valence-electron chi connectivity index (χ1n) is 9.28. The number of benzene rings is 2. The Hall–Kier alpha value is -1.72. The summed E-state index contributed by atoms with van der Waals surface area (Å²) < 4.78 is 37.1. The van der Waals surface area contributed by atoms with Gasteiger partial charge in [-0.1, -0.05) is 24.3 Å². The Labute approximate surface area is 195 Å². The highest BCUT2D eigenvalue weighted by Crippen LogP contribution is 2.18. The molecule has 0 aromatic heterocycles. The third-order valence-corrected chi connectivity index (χ3v) is 5.90. The summed E-state index contributed by atoms with van der Waals surface area (Å²) in [5, 5.41) is 6.49. The zero-order valence-corrected chi connectivity index (χ0v) is 21.1. The Balaban J connectivity index is 0.00000450. The smallest absolute Gasteiger partial charge is 0.191 e. The van der Waals surface area contributed by atoms with Crippen LogP contribution in [0, 0.1) is 12.7 Å². The van der Waals surface area contributed by atoms with Gasteiger partial charge in [-0.05, 0) is 55.9 Å². The van der Waals surface area contributed by atoms with E-state index in [9.17, 15) is 12.8 Å². The van der Waals surface area contributed by atoms with Gasteiger partial charge in [-0.15, -0.1) is 24.0 Å². The summed E-state index contributed by atoms with van der Waals surface area (Å²) >= 11 is 0. The van der Waals surface area contributed by atoms with Gasteiger partial charge in [-0.2, -0.15) is 0 Å². The van der Waals surface area contributed by atoms with Gasteiger partial charge in [0, 0.05) is 26.4 Å². The molecule has 2 aromatic carbocycles. The lowest BCUT2D eigenvalue weighted by molar-refractivity contribution is 0.297. The summed E-state index contributed by atoms with van der Waals surface area (Å²) in [6, 6.07) is 11.8. The third kappa shape index (κ3) is 7.51. The summed E-state index contributed by atoms with van der Waals surface area (Å²) in [5.41, 5.74) is 2.55. The van der Waals surface area contributed by atoms with Gasteiger partial charge in [0.15, 0.2) is 15.8 Å². The van der Waals surface area contributed by atoms with E-state index < -0.39 is 9.84 Å². The summed E-state index contributed by atoms with van der Waals surface area (Å²) in [5.74, 6) is 0.350. The fraction of sp³-hybridized carbons (Fsp3) is 0.381. The molecular formula is C21H30FIN4O2S. The number of hydrogen-bond donors (Lipinski definition) is 2. The van der Waals surface area contributed by atoms with Crippen LogP contribution in [-0.2, 0) is 16.4 Å². The van der Waals surface area contributed by atoms with E-state index in [1.54, 1.807) is 32.2 Å². The van der Waals surface area contributed by atoms with Gasteiger partial charge in [0.05, 0.1) is 10.9 Å². The van der Waals surface area contributed by atoms with Crippen molar-refractivity contribution < 1.29 is 12.8 Å². The van der Waals surface area contributed by atoms with E-state index in [1.807, 2.05) is 31.1 Å². The van der Waals surface area contributed by atoms with Gasteiger partial charge < -0.3 is 15.5 Å². The molecule has 0 amide bonds. The lowest BCUT2D eigenvalue weighted by Gasteiger charge is -2.26. The minimum absolute atomic E-state index is 0. The van der Waals surface area contributed by atoms with Crippen molar-refractivity contribution in [3.63, 3.8) is 0 Å². The summed E-state index contributed by atoms with van der Waals surface area (Å²) in [7, 11) is 2.34. The molecule has 0 saturated heterocycles. The van der Waals surface area contributed by atoms with Crippen LogP contribution in [0.1, 0.15) is 22.7 Å². The predicted molar refractivity (Wildman–Crippen MR) is 131 cm³/mol. The zero-order valence-electron chi connectivity index (χ0n) is 17.9. The number of nitrogens with one attached hydrogen (secondary N) is 2. The number of guanidine groups is 1. The number of hydrogen-bond acceptors (Lipinski definition) is 4. The molecule has 166 valence electrons. The Kier molecular flexibility index (Phi) is 10.2. The predicted octanol–water partition coefficient (Wildman–Crippen LogP) is 3.12.